The van der Waals surface area contributed by atoms with Gasteiger partial charge in [0.25, 0.3) is 11.8 Å². The van der Waals surface area contributed by atoms with Crippen LogP contribution >= 0.6 is 0 Å². The number of pyridine rings is 1. The molecule has 1 fully saturated rings. The predicted molar refractivity (Wildman–Crippen MR) is 97.9 cm³/mol. The third-order valence-electron chi connectivity index (χ3n) is 4.70. The zero-order valence-corrected chi connectivity index (χ0v) is 14.7. The Labute approximate surface area is 148 Å². The number of nitrogens with one attached hydrogen (secondary N) is 1. The van der Waals surface area contributed by atoms with E-state index in [2.05, 4.69) is 10.3 Å². The van der Waals surface area contributed by atoms with Gasteiger partial charge in [-0.1, -0.05) is 18.2 Å². The fourth-order valence-electron chi connectivity index (χ4n) is 3.01. The van der Waals surface area contributed by atoms with Crippen LogP contribution in [-0.2, 0) is 0 Å². The number of amides is 2. The van der Waals surface area contributed by atoms with E-state index < -0.39 is 0 Å². The Hall–Kier alpha value is -2.69. The number of likely N-dealkylation sites (tertiary alicyclic amines) is 1. The molecule has 1 aromatic carbocycles. The largest absolute Gasteiger partial charge is 0.337 e. The standard InChI is InChI=1S/C20H23N3O2/c1-14-8-6-9-16(15(14)2)22-19(24)17-10-7-11-18(21-17)20(25)23-12-4-3-5-13-23/h6-11H,3-5,12-13H2,1-2H3,(H,22,24). The van der Waals surface area contributed by atoms with Crippen molar-refractivity contribution in [2.75, 3.05) is 18.4 Å². The van der Waals surface area contributed by atoms with E-state index >= 15 is 0 Å². The molecule has 2 aromatic rings. The van der Waals surface area contributed by atoms with Gasteiger partial charge in [0, 0.05) is 18.8 Å². The molecule has 0 radical (unpaired) electrons. The number of rotatable bonds is 3. The third-order valence-corrected chi connectivity index (χ3v) is 4.70. The summed E-state index contributed by atoms with van der Waals surface area (Å²) in [4.78, 5) is 31.2. The molecule has 130 valence electrons. The van der Waals surface area contributed by atoms with Crippen molar-refractivity contribution in [2.24, 2.45) is 0 Å². The molecule has 0 saturated carbocycles. The van der Waals surface area contributed by atoms with E-state index in [1.165, 1.54) is 0 Å². The van der Waals surface area contributed by atoms with Crippen molar-refractivity contribution in [3.8, 4) is 0 Å². The van der Waals surface area contributed by atoms with E-state index in [4.69, 9.17) is 0 Å². The molecular weight excluding hydrogens is 314 g/mol. The van der Waals surface area contributed by atoms with Crippen LogP contribution in [-0.4, -0.2) is 34.8 Å². The Kier molecular flexibility index (Phi) is 5.12. The van der Waals surface area contributed by atoms with Crippen LogP contribution in [0.1, 0.15) is 51.4 Å². The first-order valence-electron chi connectivity index (χ1n) is 8.70. The molecule has 2 heterocycles. The van der Waals surface area contributed by atoms with Crippen molar-refractivity contribution in [3.63, 3.8) is 0 Å². The Balaban J connectivity index is 1.77. The number of nitrogens with zero attached hydrogens (tertiary/aromatic N) is 2. The van der Waals surface area contributed by atoms with Gasteiger partial charge in [-0.15, -0.1) is 0 Å². The van der Waals surface area contributed by atoms with Gasteiger partial charge in [0.1, 0.15) is 11.4 Å². The molecule has 25 heavy (non-hydrogen) atoms. The van der Waals surface area contributed by atoms with Crippen molar-refractivity contribution in [2.45, 2.75) is 33.1 Å². The van der Waals surface area contributed by atoms with Crippen LogP contribution in [0.15, 0.2) is 36.4 Å². The van der Waals surface area contributed by atoms with Crippen molar-refractivity contribution in [1.82, 2.24) is 9.88 Å². The minimum atomic E-state index is -0.304. The van der Waals surface area contributed by atoms with E-state index in [9.17, 15) is 9.59 Å². The first-order chi connectivity index (χ1) is 12.1. The summed E-state index contributed by atoms with van der Waals surface area (Å²) in [6.45, 7) is 5.49. The minimum Gasteiger partial charge on any atom is -0.337 e. The van der Waals surface area contributed by atoms with Crippen molar-refractivity contribution in [1.29, 1.82) is 0 Å². The van der Waals surface area contributed by atoms with Crippen molar-refractivity contribution in [3.05, 3.63) is 58.9 Å². The zero-order chi connectivity index (χ0) is 17.8. The zero-order valence-electron chi connectivity index (χ0n) is 14.7. The molecule has 0 aliphatic carbocycles. The molecular formula is C20H23N3O2. The van der Waals surface area contributed by atoms with Gasteiger partial charge in [0.05, 0.1) is 0 Å². The van der Waals surface area contributed by atoms with Gasteiger partial charge in [-0.3, -0.25) is 9.59 Å². The molecule has 1 aromatic heterocycles. The number of benzene rings is 1. The molecule has 1 aliphatic rings. The van der Waals surface area contributed by atoms with Crippen LogP contribution in [0, 0.1) is 13.8 Å². The Bertz CT molecular complexity index is 795. The summed E-state index contributed by atoms with van der Waals surface area (Å²) >= 11 is 0. The summed E-state index contributed by atoms with van der Waals surface area (Å²) in [5.74, 6) is -0.400. The predicted octanol–water partition coefficient (Wildman–Crippen LogP) is 3.58. The summed E-state index contributed by atoms with van der Waals surface area (Å²) in [5.41, 5.74) is 3.48. The summed E-state index contributed by atoms with van der Waals surface area (Å²) in [6, 6.07) is 10.8. The summed E-state index contributed by atoms with van der Waals surface area (Å²) in [5, 5.41) is 2.89. The van der Waals surface area contributed by atoms with Gasteiger partial charge in [0.15, 0.2) is 0 Å². The molecule has 5 heteroatoms. The minimum absolute atomic E-state index is 0.0962. The second-order valence-corrected chi connectivity index (χ2v) is 6.46. The molecule has 0 bridgehead atoms. The van der Waals surface area contributed by atoms with E-state index in [1.54, 1.807) is 18.2 Å². The maximum Gasteiger partial charge on any atom is 0.274 e. The van der Waals surface area contributed by atoms with Gasteiger partial charge in [-0.2, -0.15) is 0 Å². The van der Waals surface area contributed by atoms with Gasteiger partial charge in [0.2, 0.25) is 0 Å². The van der Waals surface area contributed by atoms with Crippen LogP contribution in [0.3, 0.4) is 0 Å². The summed E-state index contributed by atoms with van der Waals surface area (Å²) in [6.07, 6.45) is 3.21. The first kappa shape index (κ1) is 17.1. The Morgan fingerprint density at radius 1 is 0.960 bits per heavy atom. The molecule has 1 aliphatic heterocycles. The lowest BCUT2D eigenvalue weighted by molar-refractivity contribution is 0.0718. The van der Waals surface area contributed by atoms with E-state index in [-0.39, 0.29) is 17.5 Å². The third kappa shape index (κ3) is 3.87. The second kappa shape index (κ2) is 7.47. The Morgan fingerprint density at radius 2 is 1.64 bits per heavy atom. The number of hydrogen-bond donors (Lipinski definition) is 1. The smallest absolute Gasteiger partial charge is 0.274 e. The highest BCUT2D eigenvalue weighted by atomic mass is 16.2. The van der Waals surface area contributed by atoms with Crippen molar-refractivity contribution >= 4 is 17.5 Å². The molecule has 3 rings (SSSR count). The van der Waals surface area contributed by atoms with E-state index in [1.807, 2.05) is 36.9 Å². The molecule has 1 saturated heterocycles. The Morgan fingerprint density at radius 3 is 2.40 bits per heavy atom. The molecule has 0 spiro atoms. The number of piperidine rings is 1. The second-order valence-electron chi connectivity index (χ2n) is 6.46. The highest BCUT2D eigenvalue weighted by Crippen LogP contribution is 2.19. The van der Waals surface area contributed by atoms with Crippen LogP contribution in [0.5, 0.6) is 0 Å². The maximum absolute atomic E-state index is 12.6. The average molecular weight is 337 g/mol. The number of hydrogen-bond acceptors (Lipinski definition) is 3. The number of aryl methyl sites for hydroxylation is 1. The number of carbonyl (C=O) groups is 2. The van der Waals surface area contributed by atoms with Crippen molar-refractivity contribution < 1.29 is 9.59 Å². The van der Waals surface area contributed by atoms with E-state index in [0.29, 0.717) is 5.69 Å². The lowest BCUT2D eigenvalue weighted by Gasteiger charge is -2.26. The quantitative estimate of drug-likeness (QED) is 0.931. The van der Waals surface area contributed by atoms with Crippen LogP contribution < -0.4 is 5.32 Å². The normalized spacial score (nSPS) is 14.2. The van der Waals surface area contributed by atoms with Crippen LogP contribution in [0.25, 0.3) is 0 Å². The van der Waals surface area contributed by atoms with Gasteiger partial charge < -0.3 is 10.2 Å². The average Bonchev–Trinajstić information content (AvgIpc) is 2.65. The van der Waals surface area contributed by atoms with Gasteiger partial charge >= 0.3 is 0 Å². The maximum atomic E-state index is 12.6. The lowest BCUT2D eigenvalue weighted by Crippen LogP contribution is -2.36. The molecule has 2 amide bonds. The van der Waals surface area contributed by atoms with E-state index in [0.717, 1.165) is 49.2 Å². The SMILES string of the molecule is Cc1cccc(NC(=O)c2cccc(C(=O)N3CCCCC3)n2)c1C. The topological polar surface area (TPSA) is 62.3 Å². The van der Waals surface area contributed by atoms with Gasteiger partial charge in [-0.25, -0.2) is 4.98 Å². The number of anilines is 1. The summed E-state index contributed by atoms with van der Waals surface area (Å²) < 4.78 is 0. The monoisotopic (exact) mass is 337 g/mol. The number of carbonyl (C=O) groups excluding carboxylic acids is 2. The fraction of sp³-hybridized carbons (Fsp3) is 0.350. The number of aromatic nitrogens is 1. The van der Waals surface area contributed by atoms with Crippen LogP contribution in [0.2, 0.25) is 0 Å². The molecule has 0 unspecified atom stereocenters. The first-order valence-corrected chi connectivity index (χ1v) is 8.70. The molecule has 5 nitrogen and oxygen atoms in total. The highest BCUT2D eigenvalue weighted by molar-refractivity contribution is 6.04. The van der Waals surface area contributed by atoms with Crippen LogP contribution in [0.4, 0.5) is 5.69 Å². The van der Waals surface area contributed by atoms with Gasteiger partial charge in [-0.05, 0) is 62.4 Å². The molecule has 1 N–H and O–H groups in total. The fourth-order valence-corrected chi connectivity index (χ4v) is 3.01. The molecule has 0 atom stereocenters. The lowest BCUT2D eigenvalue weighted by atomic mass is 10.1. The summed E-state index contributed by atoms with van der Waals surface area (Å²) in [7, 11) is 0. The highest BCUT2D eigenvalue weighted by Gasteiger charge is 2.20.